The van der Waals surface area contributed by atoms with Crippen LogP contribution < -0.4 is 10.1 Å². The fraction of sp³-hybridized carbons (Fsp3) is 0.294. The van der Waals surface area contributed by atoms with Crippen molar-refractivity contribution in [1.82, 2.24) is 0 Å². The van der Waals surface area contributed by atoms with Crippen LogP contribution in [0.2, 0.25) is 0 Å². The number of hydrogen-bond donors (Lipinski definition) is 1. The minimum absolute atomic E-state index is 0.201. The van der Waals surface area contributed by atoms with Crippen molar-refractivity contribution in [3.63, 3.8) is 0 Å². The Hall–Kier alpha value is -2.03. The number of halogens is 1. The van der Waals surface area contributed by atoms with Gasteiger partial charge in [-0.1, -0.05) is 12.1 Å². The van der Waals surface area contributed by atoms with Gasteiger partial charge in [-0.05, 0) is 60.7 Å². The van der Waals surface area contributed by atoms with Gasteiger partial charge in [-0.15, -0.1) is 0 Å². The van der Waals surface area contributed by atoms with Gasteiger partial charge in [0.05, 0.1) is 7.11 Å². The number of ether oxygens (including phenoxy) is 1. The minimum Gasteiger partial charge on any atom is -0.497 e. The van der Waals surface area contributed by atoms with E-state index in [2.05, 4.69) is 17.4 Å². The maximum atomic E-state index is 13.2. The molecule has 0 amide bonds. The van der Waals surface area contributed by atoms with Gasteiger partial charge in [-0.25, -0.2) is 4.39 Å². The van der Waals surface area contributed by atoms with Gasteiger partial charge in [0.2, 0.25) is 0 Å². The van der Waals surface area contributed by atoms with E-state index in [1.54, 1.807) is 19.2 Å². The van der Waals surface area contributed by atoms with Gasteiger partial charge in [-0.2, -0.15) is 0 Å². The monoisotopic (exact) mass is 271 g/mol. The lowest BCUT2D eigenvalue weighted by Crippen LogP contribution is -2.27. The second-order valence-electron chi connectivity index (χ2n) is 5.23. The average molecular weight is 271 g/mol. The molecule has 2 nitrogen and oxygen atoms in total. The highest BCUT2D eigenvalue weighted by Gasteiger charge is 2.19. The molecule has 2 aromatic rings. The first-order valence-corrected chi connectivity index (χ1v) is 6.92. The Kier molecular flexibility index (Phi) is 3.59. The minimum atomic E-state index is -0.201. The highest BCUT2D eigenvalue weighted by Crippen LogP contribution is 2.27. The molecule has 0 aliphatic heterocycles. The third kappa shape index (κ3) is 2.77. The van der Waals surface area contributed by atoms with Crippen LogP contribution in [0.5, 0.6) is 5.75 Å². The first kappa shape index (κ1) is 13.0. The van der Waals surface area contributed by atoms with Crippen LogP contribution in [0.15, 0.2) is 42.5 Å². The first-order valence-electron chi connectivity index (χ1n) is 6.92. The smallest absolute Gasteiger partial charge is 0.125 e. The zero-order valence-electron chi connectivity index (χ0n) is 11.5. The predicted octanol–water partition coefficient (Wildman–Crippen LogP) is 3.80. The Morgan fingerprint density at radius 2 is 2.05 bits per heavy atom. The number of anilines is 1. The maximum Gasteiger partial charge on any atom is 0.125 e. The quantitative estimate of drug-likeness (QED) is 0.916. The van der Waals surface area contributed by atoms with E-state index in [0.29, 0.717) is 6.04 Å². The summed E-state index contributed by atoms with van der Waals surface area (Å²) in [5.41, 5.74) is 3.56. The lowest BCUT2D eigenvalue weighted by Gasteiger charge is -2.26. The van der Waals surface area contributed by atoms with Crippen LogP contribution in [0.25, 0.3) is 0 Å². The van der Waals surface area contributed by atoms with Crippen LogP contribution in [-0.2, 0) is 12.8 Å². The molecule has 0 aromatic heterocycles. The Morgan fingerprint density at radius 1 is 1.15 bits per heavy atom. The Labute approximate surface area is 118 Å². The number of methoxy groups -OCH3 is 1. The molecule has 3 rings (SSSR count). The highest BCUT2D eigenvalue weighted by molar-refractivity contribution is 5.46. The Bertz CT molecular complexity index is 612. The van der Waals surface area contributed by atoms with Crippen LogP contribution in [0.4, 0.5) is 10.1 Å². The molecule has 104 valence electrons. The molecule has 2 aromatic carbocycles. The van der Waals surface area contributed by atoms with Gasteiger partial charge in [0.25, 0.3) is 0 Å². The molecule has 3 heteroatoms. The van der Waals surface area contributed by atoms with Crippen molar-refractivity contribution >= 4 is 5.69 Å². The van der Waals surface area contributed by atoms with Gasteiger partial charge in [-0.3, -0.25) is 0 Å². The molecule has 1 atom stereocenters. The molecule has 1 unspecified atom stereocenters. The summed E-state index contributed by atoms with van der Waals surface area (Å²) in [5.74, 6) is 0.697. The Morgan fingerprint density at radius 3 is 2.85 bits per heavy atom. The Balaban J connectivity index is 1.74. The molecule has 0 saturated heterocycles. The van der Waals surface area contributed by atoms with E-state index >= 15 is 0 Å². The summed E-state index contributed by atoms with van der Waals surface area (Å²) in [6, 6.07) is 13.3. The molecule has 0 spiro atoms. The van der Waals surface area contributed by atoms with Crippen molar-refractivity contribution in [3.05, 3.63) is 59.4 Å². The standard InChI is InChI=1S/C17H18FNO/c1-20-17-8-6-12-5-7-16(9-13(12)10-17)19-15-4-2-3-14(18)11-15/h2-4,6,8,10-11,16,19H,5,7,9H2,1H3. The molecule has 1 aliphatic carbocycles. The SMILES string of the molecule is COc1ccc2c(c1)CC(Nc1cccc(F)c1)CC2. The number of aryl methyl sites for hydroxylation is 1. The van der Waals surface area contributed by atoms with Crippen molar-refractivity contribution < 1.29 is 9.13 Å². The van der Waals surface area contributed by atoms with E-state index in [1.165, 1.54) is 17.2 Å². The van der Waals surface area contributed by atoms with Gasteiger partial charge in [0, 0.05) is 11.7 Å². The van der Waals surface area contributed by atoms with Crippen molar-refractivity contribution in [3.8, 4) is 5.75 Å². The first-order chi connectivity index (χ1) is 9.74. The second-order valence-corrected chi connectivity index (χ2v) is 5.23. The van der Waals surface area contributed by atoms with Crippen LogP contribution in [-0.4, -0.2) is 13.2 Å². The zero-order chi connectivity index (χ0) is 13.9. The average Bonchev–Trinajstić information content (AvgIpc) is 2.46. The van der Waals surface area contributed by atoms with Crippen molar-refractivity contribution in [2.24, 2.45) is 0 Å². The summed E-state index contributed by atoms with van der Waals surface area (Å²) >= 11 is 0. The zero-order valence-corrected chi connectivity index (χ0v) is 11.5. The van der Waals surface area contributed by atoms with E-state index in [9.17, 15) is 4.39 Å². The number of fused-ring (bicyclic) bond motifs is 1. The van der Waals surface area contributed by atoms with Crippen molar-refractivity contribution in [1.29, 1.82) is 0 Å². The van der Waals surface area contributed by atoms with E-state index in [0.717, 1.165) is 30.7 Å². The second kappa shape index (κ2) is 5.53. The van der Waals surface area contributed by atoms with Crippen LogP contribution >= 0.6 is 0 Å². The third-order valence-electron chi connectivity index (χ3n) is 3.84. The summed E-state index contributed by atoms with van der Waals surface area (Å²) in [6.45, 7) is 0. The van der Waals surface area contributed by atoms with Crippen molar-refractivity contribution in [2.45, 2.75) is 25.3 Å². The molecule has 0 saturated carbocycles. The predicted molar refractivity (Wildman–Crippen MR) is 78.8 cm³/mol. The summed E-state index contributed by atoms with van der Waals surface area (Å²) in [4.78, 5) is 0. The molecule has 20 heavy (non-hydrogen) atoms. The van der Waals surface area contributed by atoms with E-state index in [-0.39, 0.29) is 5.82 Å². The van der Waals surface area contributed by atoms with Crippen LogP contribution in [0.3, 0.4) is 0 Å². The number of benzene rings is 2. The van der Waals surface area contributed by atoms with Gasteiger partial charge in [0.15, 0.2) is 0 Å². The summed E-state index contributed by atoms with van der Waals surface area (Å²) in [7, 11) is 1.69. The van der Waals surface area contributed by atoms with Crippen molar-refractivity contribution in [2.75, 3.05) is 12.4 Å². The molecule has 0 fully saturated rings. The molecule has 0 bridgehead atoms. The third-order valence-corrected chi connectivity index (χ3v) is 3.84. The highest BCUT2D eigenvalue weighted by atomic mass is 19.1. The molecule has 1 N–H and O–H groups in total. The molecule has 0 radical (unpaired) electrons. The molecule has 0 heterocycles. The van der Waals surface area contributed by atoms with E-state index in [4.69, 9.17) is 4.74 Å². The van der Waals surface area contributed by atoms with Crippen LogP contribution in [0, 0.1) is 5.82 Å². The summed E-state index contributed by atoms with van der Waals surface area (Å²) in [6.07, 6.45) is 3.06. The molecular formula is C17H18FNO. The normalized spacial score (nSPS) is 17.4. The molecule has 1 aliphatic rings. The number of nitrogens with one attached hydrogen (secondary N) is 1. The largest absolute Gasteiger partial charge is 0.497 e. The van der Waals surface area contributed by atoms with Gasteiger partial charge < -0.3 is 10.1 Å². The number of hydrogen-bond acceptors (Lipinski definition) is 2. The topological polar surface area (TPSA) is 21.3 Å². The summed E-state index contributed by atoms with van der Waals surface area (Å²) < 4.78 is 18.5. The van der Waals surface area contributed by atoms with Crippen LogP contribution in [0.1, 0.15) is 17.5 Å². The fourth-order valence-corrected chi connectivity index (χ4v) is 2.80. The number of rotatable bonds is 3. The summed E-state index contributed by atoms with van der Waals surface area (Å²) in [5, 5.41) is 3.42. The lowest BCUT2D eigenvalue weighted by molar-refractivity contribution is 0.413. The lowest BCUT2D eigenvalue weighted by atomic mass is 9.88. The molecular weight excluding hydrogens is 253 g/mol. The maximum absolute atomic E-state index is 13.2. The van der Waals surface area contributed by atoms with E-state index < -0.39 is 0 Å². The van der Waals surface area contributed by atoms with Gasteiger partial charge in [0.1, 0.15) is 11.6 Å². The van der Waals surface area contributed by atoms with E-state index in [1.807, 2.05) is 12.1 Å². The van der Waals surface area contributed by atoms with Gasteiger partial charge >= 0.3 is 0 Å². The fourth-order valence-electron chi connectivity index (χ4n) is 2.80.